The van der Waals surface area contributed by atoms with Gasteiger partial charge in [0, 0.05) is 16.6 Å². The van der Waals surface area contributed by atoms with Crippen LogP contribution in [-0.2, 0) is 5.88 Å². The second-order valence-electron chi connectivity index (χ2n) is 2.63. The topological polar surface area (TPSA) is 0 Å². The molecule has 1 aromatic heterocycles. The highest BCUT2D eigenvalue weighted by Gasteiger charge is 2.10. The monoisotopic (exact) mass is 234 g/mol. The summed E-state index contributed by atoms with van der Waals surface area (Å²) < 4.78 is 13.8. The minimum absolute atomic E-state index is 0.235. The molecule has 0 saturated heterocycles. The molecule has 0 N–H and O–H groups in total. The molecule has 0 spiro atoms. The minimum Gasteiger partial charge on any atom is -0.205 e. The van der Waals surface area contributed by atoms with E-state index < -0.39 is 0 Å². The van der Waals surface area contributed by atoms with Crippen LogP contribution in [0.5, 0.6) is 0 Å². The molecule has 0 saturated carbocycles. The number of hydrogen-bond donors (Lipinski definition) is 0. The Balaban J connectivity index is 2.88. The maximum atomic E-state index is 13.2. The maximum absolute atomic E-state index is 13.2. The van der Waals surface area contributed by atoms with E-state index >= 15 is 0 Å². The second kappa shape index (κ2) is 3.45. The zero-order valence-electron chi connectivity index (χ0n) is 6.48. The van der Waals surface area contributed by atoms with Gasteiger partial charge in [-0.3, -0.25) is 0 Å². The second-order valence-corrected chi connectivity index (χ2v) is 4.18. The van der Waals surface area contributed by atoms with Gasteiger partial charge in [0.1, 0.15) is 5.82 Å². The van der Waals surface area contributed by atoms with E-state index in [0.717, 1.165) is 10.9 Å². The lowest BCUT2D eigenvalue weighted by Crippen LogP contribution is -1.81. The number of halogens is 3. The van der Waals surface area contributed by atoms with Crippen molar-refractivity contribution in [2.24, 2.45) is 0 Å². The third-order valence-electron chi connectivity index (χ3n) is 1.86. The molecule has 13 heavy (non-hydrogen) atoms. The van der Waals surface area contributed by atoms with E-state index in [1.807, 2.05) is 0 Å². The SMILES string of the molecule is Fc1ccc(CCl)c2c(Cl)csc12. The lowest BCUT2D eigenvalue weighted by Gasteiger charge is -1.99. The molecule has 2 aromatic rings. The van der Waals surface area contributed by atoms with E-state index in [2.05, 4.69) is 0 Å². The van der Waals surface area contributed by atoms with Gasteiger partial charge in [-0.25, -0.2) is 4.39 Å². The Bertz CT molecular complexity index is 450. The van der Waals surface area contributed by atoms with Crippen molar-refractivity contribution >= 4 is 44.6 Å². The van der Waals surface area contributed by atoms with Gasteiger partial charge in [0.2, 0.25) is 0 Å². The van der Waals surface area contributed by atoms with Crippen molar-refractivity contribution in [3.05, 3.63) is 33.9 Å². The van der Waals surface area contributed by atoms with Crippen LogP contribution in [0, 0.1) is 5.82 Å². The highest BCUT2D eigenvalue weighted by Crippen LogP contribution is 2.34. The Labute approximate surface area is 88.9 Å². The molecule has 68 valence electrons. The molecule has 2 rings (SSSR count). The summed E-state index contributed by atoms with van der Waals surface area (Å²) in [4.78, 5) is 0. The number of hydrogen-bond acceptors (Lipinski definition) is 1. The molecule has 4 heteroatoms. The summed E-state index contributed by atoms with van der Waals surface area (Å²) in [5.74, 6) is 0.119. The molecule has 0 aliphatic heterocycles. The van der Waals surface area contributed by atoms with Crippen LogP contribution in [0.15, 0.2) is 17.5 Å². The summed E-state index contributed by atoms with van der Waals surface area (Å²) in [6.45, 7) is 0. The Hall–Kier alpha value is -0.310. The molecule has 1 aromatic carbocycles. The van der Waals surface area contributed by atoms with Crippen LogP contribution in [0.25, 0.3) is 10.1 Å². The standard InChI is InChI=1S/C9H5Cl2FS/c10-3-5-1-2-7(12)9-8(5)6(11)4-13-9/h1-2,4H,3H2. The summed E-state index contributed by atoms with van der Waals surface area (Å²) in [5.41, 5.74) is 0.879. The van der Waals surface area contributed by atoms with Crippen molar-refractivity contribution in [3.8, 4) is 0 Å². The van der Waals surface area contributed by atoms with Crippen LogP contribution in [-0.4, -0.2) is 0 Å². The highest BCUT2D eigenvalue weighted by atomic mass is 35.5. The third-order valence-corrected chi connectivity index (χ3v) is 3.56. The normalized spacial score (nSPS) is 11.0. The number of alkyl halides is 1. The molecule has 0 fully saturated rings. The Morgan fingerprint density at radius 1 is 1.38 bits per heavy atom. The van der Waals surface area contributed by atoms with Gasteiger partial charge in [-0.2, -0.15) is 0 Å². The molecule has 0 aliphatic carbocycles. The van der Waals surface area contributed by atoms with Crippen molar-refractivity contribution in [3.63, 3.8) is 0 Å². The number of thiophene rings is 1. The first-order valence-electron chi connectivity index (χ1n) is 3.64. The Morgan fingerprint density at radius 2 is 2.15 bits per heavy atom. The fourth-order valence-corrected chi connectivity index (χ4v) is 2.76. The van der Waals surface area contributed by atoms with Crippen LogP contribution in [0.1, 0.15) is 5.56 Å². The minimum atomic E-state index is -0.235. The van der Waals surface area contributed by atoms with E-state index in [9.17, 15) is 4.39 Å². The quantitative estimate of drug-likeness (QED) is 0.641. The number of fused-ring (bicyclic) bond motifs is 1. The first kappa shape index (κ1) is 9.25. The fraction of sp³-hybridized carbons (Fsp3) is 0.111. The lowest BCUT2D eigenvalue weighted by atomic mass is 10.1. The van der Waals surface area contributed by atoms with Crippen LogP contribution in [0.2, 0.25) is 5.02 Å². The van der Waals surface area contributed by atoms with E-state index in [0.29, 0.717) is 15.6 Å². The molecule has 1 heterocycles. The lowest BCUT2D eigenvalue weighted by molar-refractivity contribution is 0.641. The summed E-state index contributed by atoms with van der Waals surface area (Å²) in [6, 6.07) is 3.09. The van der Waals surface area contributed by atoms with Crippen LogP contribution >= 0.6 is 34.5 Å². The van der Waals surface area contributed by atoms with Gasteiger partial charge in [-0.15, -0.1) is 22.9 Å². The van der Waals surface area contributed by atoms with E-state index in [1.54, 1.807) is 11.4 Å². The predicted octanol–water partition coefficient (Wildman–Crippen LogP) is 4.43. The first-order valence-corrected chi connectivity index (χ1v) is 5.43. The summed E-state index contributed by atoms with van der Waals surface area (Å²) in [5, 5.41) is 3.06. The van der Waals surface area contributed by atoms with Crippen molar-refractivity contribution in [2.75, 3.05) is 0 Å². The van der Waals surface area contributed by atoms with E-state index in [1.165, 1.54) is 17.4 Å². The van der Waals surface area contributed by atoms with Crippen LogP contribution in [0.4, 0.5) is 4.39 Å². The average molecular weight is 235 g/mol. The third kappa shape index (κ3) is 1.43. The zero-order chi connectivity index (χ0) is 9.42. The number of rotatable bonds is 1. The molecule has 0 radical (unpaired) electrons. The van der Waals surface area contributed by atoms with Crippen molar-refractivity contribution in [1.82, 2.24) is 0 Å². The average Bonchev–Trinajstić information content (AvgIpc) is 2.51. The smallest absolute Gasteiger partial charge is 0.141 e. The molecular formula is C9H5Cl2FS. The van der Waals surface area contributed by atoms with Crippen molar-refractivity contribution < 1.29 is 4.39 Å². The van der Waals surface area contributed by atoms with Gasteiger partial charge in [0.05, 0.1) is 9.72 Å². The summed E-state index contributed by atoms with van der Waals surface area (Å²) in [7, 11) is 0. The molecule has 0 unspecified atom stereocenters. The van der Waals surface area contributed by atoms with Gasteiger partial charge < -0.3 is 0 Å². The maximum Gasteiger partial charge on any atom is 0.141 e. The van der Waals surface area contributed by atoms with Gasteiger partial charge in [-0.05, 0) is 11.6 Å². The summed E-state index contributed by atoms with van der Waals surface area (Å²) >= 11 is 12.9. The highest BCUT2D eigenvalue weighted by molar-refractivity contribution is 7.17. The predicted molar refractivity (Wildman–Crippen MR) is 56.4 cm³/mol. The fourth-order valence-electron chi connectivity index (χ4n) is 1.26. The van der Waals surface area contributed by atoms with Crippen LogP contribution in [0.3, 0.4) is 0 Å². The summed E-state index contributed by atoms with van der Waals surface area (Å²) in [6.07, 6.45) is 0. The Morgan fingerprint density at radius 3 is 2.85 bits per heavy atom. The number of benzene rings is 1. The van der Waals surface area contributed by atoms with Crippen molar-refractivity contribution in [2.45, 2.75) is 5.88 Å². The van der Waals surface area contributed by atoms with E-state index in [-0.39, 0.29) is 5.82 Å². The largest absolute Gasteiger partial charge is 0.205 e. The zero-order valence-corrected chi connectivity index (χ0v) is 8.81. The molecule has 0 aliphatic rings. The van der Waals surface area contributed by atoms with Gasteiger partial charge in [0.25, 0.3) is 0 Å². The van der Waals surface area contributed by atoms with Gasteiger partial charge in [-0.1, -0.05) is 17.7 Å². The molecule has 0 nitrogen and oxygen atoms in total. The Kier molecular flexibility index (Phi) is 2.45. The first-order chi connectivity index (χ1) is 6.24. The molecule has 0 amide bonds. The van der Waals surface area contributed by atoms with Gasteiger partial charge >= 0.3 is 0 Å². The molecular weight excluding hydrogens is 230 g/mol. The van der Waals surface area contributed by atoms with Crippen molar-refractivity contribution in [1.29, 1.82) is 0 Å². The molecule has 0 bridgehead atoms. The van der Waals surface area contributed by atoms with Crippen LogP contribution < -0.4 is 0 Å². The van der Waals surface area contributed by atoms with E-state index in [4.69, 9.17) is 23.2 Å². The van der Waals surface area contributed by atoms with Gasteiger partial charge in [0.15, 0.2) is 0 Å². The molecule has 0 atom stereocenters.